The minimum absolute atomic E-state index is 0.0714. The Labute approximate surface area is 128 Å². The van der Waals surface area contributed by atoms with Crippen LogP contribution in [0.2, 0.25) is 0 Å². The Morgan fingerprint density at radius 1 is 1.27 bits per heavy atom. The molecule has 1 saturated heterocycles. The van der Waals surface area contributed by atoms with Crippen molar-refractivity contribution in [3.05, 3.63) is 18.2 Å². The maximum absolute atomic E-state index is 9.28. The molecule has 0 aliphatic carbocycles. The van der Waals surface area contributed by atoms with Crippen LogP contribution in [0, 0.1) is 0 Å². The fourth-order valence-corrected chi connectivity index (χ4v) is 2.48. The molecule has 2 aromatic rings. The van der Waals surface area contributed by atoms with Crippen LogP contribution in [0.5, 0.6) is 5.75 Å². The van der Waals surface area contributed by atoms with E-state index >= 15 is 0 Å². The maximum Gasteiger partial charge on any atom is 0.324 e. The summed E-state index contributed by atoms with van der Waals surface area (Å²) in [6.07, 6.45) is 2.82. The SMILES string of the molecule is CC(C)c1noc(N2CCN(c3ncc(O)cn3)C(C)C2)n1. The van der Waals surface area contributed by atoms with Gasteiger partial charge in [-0.3, -0.25) is 0 Å². The second-order valence-corrected chi connectivity index (χ2v) is 5.82. The minimum Gasteiger partial charge on any atom is -0.505 e. The minimum atomic E-state index is 0.0714. The lowest BCUT2D eigenvalue weighted by atomic mass is 10.2. The number of hydrogen-bond acceptors (Lipinski definition) is 8. The van der Waals surface area contributed by atoms with Gasteiger partial charge in [-0.2, -0.15) is 4.98 Å². The number of piperazine rings is 1. The summed E-state index contributed by atoms with van der Waals surface area (Å²) in [7, 11) is 0. The first kappa shape index (κ1) is 14.6. The number of rotatable bonds is 3. The zero-order valence-corrected chi connectivity index (χ0v) is 13.0. The quantitative estimate of drug-likeness (QED) is 0.910. The number of hydrogen-bond donors (Lipinski definition) is 1. The van der Waals surface area contributed by atoms with Gasteiger partial charge in [-0.05, 0) is 6.92 Å². The first-order valence-corrected chi connectivity index (χ1v) is 7.41. The summed E-state index contributed by atoms with van der Waals surface area (Å²) in [5, 5.41) is 13.3. The predicted molar refractivity (Wildman–Crippen MR) is 81.1 cm³/mol. The molecule has 2 aromatic heterocycles. The first-order valence-electron chi connectivity index (χ1n) is 7.41. The van der Waals surface area contributed by atoms with Crippen LogP contribution in [-0.4, -0.2) is 50.9 Å². The van der Waals surface area contributed by atoms with Crippen molar-refractivity contribution in [1.82, 2.24) is 20.1 Å². The summed E-state index contributed by atoms with van der Waals surface area (Å²) in [6, 6.07) is 0.773. The largest absolute Gasteiger partial charge is 0.505 e. The molecule has 3 rings (SSSR count). The van der Waals surface area contributed by atoms with Crippen LogP contribution in [0.3, 0.4) is 0 Å². The highest BCUT2D eigenvalue weighted by Crippen LogP contribution is 2.22. The Balaban J connectivity index is 1.70. The van der Waals surface area contributed by atoms with E-state index in [1.807, 2.05) is 13.8 Å². The monoisotopic (exact) mass is 304 g/mol. The second-order valence-electron chi connectivity index (χ2n) is 5.82. The van der Waals surface area contributed by atoms with Crippen molar-refractivity contribution in [3.8, 4) is 5.75 Å². The van der Waals surface area contributed by atoms with Gasteiger partial charge < -0.3 is 19.4 Å². The lowest BCUT2D eigenvalue weighted by molar-refractivity contribution is 0.392. The molecule has 0 spiro atoms. The van der Waals surface area contributed by atoms with Crippen molar-refractivity contribution >= 4 is 12.0 Å². The van der Waals surface area contributed by atoms with E-state index in [1.54, 1.807) is 0 Å². The van der Waals surface area contributed by atoms with E-state index in [0.717, 1.165) is 25.5 Å². The van der Waals surface area contributed by atoms with E-state index < -0.39 is 0 Å². The van der Waals surface area contributed by atoms with Crippen LogP contribution in [0.25, 0.3) is 0 Å². The van der Waals surface area contributed by atoms with Crippen LogP contribution in [-0.2, 0) is 0 Å². The molecule has 3 heterocycles. The lowest BCUT2D eigenvalue weighted by Gasteiger charge is -2.38. The molecule has 1 fully saturated rings. The molecule has 0 saturated carbocycles. The van der Waals surface area contributed by atoms with Crippen molar-refractivity contribution in [1.29, 1.82) is 0 Å². The van der Waals surface area contributed by atoms with Crippen LogP contribution < -0.4 is 9.80 Å². The van der Waals surface area contributed by atoms with E-state index in [-0.39, 0.29) is 17.7 Å². The van der Waals surface area contributed by atoms with E-state index in [9.17, 15) is 5.11 Å². The fourth-order valence-electron chi connectivity index (χ4n) is 2.48. The zero-order chi connectivity index (χ0) is 15.7. The molecule has 0 aromatic carbocycles. The van der Waals surface area contributed by atoms with Gasteiger partial charge in [0.15, 0.2) is 11.6 Å². The third kappa shape index (κ3) is 2.81. The Hall–Kier alpha value is -2.38. The van der Waals surface area contributed by atoms with E-state index in [4.69, 9.17) is 4.52 Å². The molecule has 8 heteroatoms. The van der Waals surface area contributed by atoms with E-state index in [1.165, 1.54) is 12.4 Å². The second kappa shape index (κ2) is 5.78. The number of anilines is 2. The van der Waals surface area contributed by atoms with Crippen LogP contribution >= 0.6 is 0 Å². The zero-order valence-electron chi connectivity index (χ0n) is 13.0. The smallest absolute Gasteiger partial charge is 0.324 e. The van der Waals surface area contributed by atoms with Gasteiger partial charge in [0, 0.05) is 31.6 Å². The van der Waals surface area contributed by atoms with E-state index in [2.05, 4.69) is 36.8 Å². The summed E-state index contributed by atoms with van der Waals surface area (Å²) in [5.74, 6) is 1.68. The molecule has 22 heavy (non-hydrogen) atoms. The van der Waals surface area contributed by atoms with Gasteiger partial charge >= 0.3 is 6.01 Å². The molecule has 1 atom stereocenters. The molecule has 1 unspecified atom stereocenters. The van der Waals surface area contributed by atoms with Gasteiger partial charge in [-0.15, -0.1) is 0 Å². The molecule has 0 radical (unpaired) electrons. The summed E-state index contributed by atoms with van der Waals surface area (Å²) in [4.78, 5) is 17.0. The van der Waals surface area contributed by atoms with Crippen molar-refractivity contribution in [2.45, 2.75) is 32.7 Å². The van der Waals surface area contributed by atoms with E-state index in [0.29, 0.717) is 12.0 Å². The summed E-state index contributed by atoms with van der Waals surface area (Å²) >= 11 is 0. The highest BCUT2D eigenvalue weighted by atomic mass is 16.5. The summed E-state index contributed by atoms with van der Waals surface area (Å²) in [6.45, 7) is 8.44. The average molecular weight is 304 g/mol. The van der Waals surface area contributed by atoms with Crippen LogP contribution in [0.1, 0.15) is 32.5 Å². The standard InChI is InChI=1S/C14H20N6O2/c1-9(2)12-17-14(22-18-12)19-4-5-20(10(3)8-19)13-15-6-11(21)7-16-13/h6-7,9-10,21H,4-5,8H2,1-3H3. The third-order valence-electron chi connectivity index (χ3n) is 3.73. The van der Waals surface area contributed by atoms with Crippen LogP contribution in [0.4, 0.5) is 12.0 Å². The van der Waals surface area contributed by atoms with Crippen LogP contribution in [0.15, 0.2) is 16.9 Å². The lowest BCUT2D eigenvalue weighted by Crippen LogP contribution is -2.52. The summed E-state index contributed by atoms with van der Waals surface area (Å²) < 4.78 is 5.35. The third-order valence-corrected chi connectivity index (χ3v) is 3.73. The molecule has 118 valence electrons. The molecule has 1 N–H and O–H groups in total. The Bertz CT molecular complexity index is 627. The molecule has 8 nitrogen and oxygen atoms in total. The molecule has 0 bridgehead atoms. The molecular formula is C14H20N6O2. The molecule has 0 amide bonds. The fraction of sp³-hybridized carbons (Fsp3) is 0.571. The molecular weight excluding hydrogens is 284 g/mol. The number of nitrogens with zero attached hydrogens (tertiary/aromatic N) is 6. The average Bonchev–Trinajstić information content (AvgIpc) is 2.98. The van der Waals surface area contributed by atoms with Gasteiger partial charge in [0.05, 0.1) is 12.4 Å². The predicted octanol–water partition coefficient (Wildman–Crippen LogP) is 1.40. The van der Waals surface area contributed by atoms with Gasteiger partial charge in [0.25, 0.3) is 0 Å². The van der Waals surface area contributed by atoms with Gasteiger partial charge in [-0.25, -0.2) is 9.97 Å². The Kier molecular flexibility index (Phi) is 3.82. The first-order chi connectivity index (χ1) is 10.5. The van der Waals surface area contributed by atoms with Crippen molar-refractivity contribution in [2.75, 3.05) is 29.4 Å². The highest BCUT2D eigenvalue weighted by molar-refractivity contribution is 5.38. The molecule has 1 aliphatic heterocycles. The van der Waals surface area contributed by atoms with Gasteiger partial charge in [0.2, 0.25) is 5.95 Å². The van der Waals surface area contributed by atoms with Crippen molar-refractivity contribution in [2.24, 2.45) is 0 Å². The van der Waals surface area contributed by atoms with Crippen molar-refractivity contribution in [3.63, 3.8) is 0 Å². The van der Waals surface area contributed by atoms with Crippen molar-refractivity contribution < 1.29 is 9.63 Å². The Morgan fingerprint density at radius 3 is 2.59 bits per heavy atom. The molecule has 1 aliphatic rings. The maximum atomic E-state index is 9.28. The highest BCUT2D eigenvalue weighted by Gasteiger charge is 2.28. The number of aromatic nitrogens is 4. The normalized spacial score (nSPS) is 19.0. The Morgan fingerprint density at radius 2 is 2.00 bits per heavy atom. The topological polar surface area (TPSA) is 91.4 Å². The number of aromatic hydroxyl groups is 1. The van der Waals surface area contributed by atoms with Gasteiger partial charge in [-0.1, -0.05) is 19.0 Å². The summed E-state index contributed by atoms with van der Waals surface area (Å²) in [5.41, 5.74) is 0. The van der Waals surface area contributed by atoms with Gasteiger partial charge in [0.1, 0.15) is 0 Å².